The predicted molar refractivity (Wildman–Crippen MR) is 49.0 cm³/mol. The number of benzene rings is 1. The zero-order valence-electron chi connectivity index (χ0n) is 7.54. The van der Waals surface area contributed by atoms with Gasteiger partial charge in [-0.3, -0.25) is 0 Å². The van der Waals surface area contributed by atoms with Crippen molar-refractivity contribution in [2.75, 3.05) is 0 Å². The van der Waals surface area contributed by atoms with Crippen molar-refractivity contribution in [2.24, 2.45) is 0 Å². The fourth-order valence-electron chi connectivity index (χ4n) is 2.18. The lowest BCUT2D eigenvalue weighted by atomic mass is 9.64. The Balaban J connectivity index is 2.50. The van der Waals surface area contributed by atoms with Gasteiger partial charge in [-0.05, 0) is 17.5 Å². The van der Waals surface area contributed by atoms with Crippen LogP contribution in [0.15, 0.2) is 24.3 Å². The number of hydrogen-bond donors (Lipinski definition) is 1. The largest absolute Gasteiger partial charge is 0.385 e. The van der Waals surface area contributed by atoms with Crippen LogP contribution in [-0.2, 0) is 5.60 Å². The zero-order valence-corrected chi connectivity index (χ0v) is 7.54. The molecule has 0 aliphatic heterocycles. The molecule has 1 heteroatoms. The van der Waals surface area contributed by atoms with E-state index in [1.54, 1.807) is 0 Å². The van der Waals surface area contributed by atoms with Gasteiger partial charge in [0.25, 0.3) is 0 Å². The Morgan fingerprint density at radius 1 is 1.42 bits per heavy atom. The van der Waals surface area contributed by atoms with Crippen molar-refractivity contribution in [2.45, 2.75) is 31.8 Å². The van der Waals surface area contributed by atoms with E-state index in [9.17, 15) is 5.11 Å². The van der Waals surface area contributed by atoms with Crippen LogP contribution in [-0.4, -0.2) is 5.11 Å². The van der Waals surface area contributed by atoms with Gasteiger partial charge < -0.3 is 5.11 Å². The third-order valence-corrected chi connectivity index (χ3v) is 3.15. The van der Waals surface area contributed by atoms with Crippen LogP contribution in [0.5, 0.6) is 0 Å². The second-order valence-electron chi connectivity index (χ2n) is 3.59. The average Bonchev–Trinajstić information content (AvgIpc) is 2.16. The molecule has 2 rings (SSSR count). The second kappa shape index (κ2) is 2.33. The van der Waals surface area contributed by atoms with Crippen LogP contribution in [0.2, 0.25) is 0 Å². The minimum Gasteiger partial charge on any atom is -0.385 e. The van der Waals surface area contributed by atoms with Gasteiger partial charge in [-0.15, -0.1) is 0 Å². The van der Waals surface area contributed by atoms with Gasteiger partial charge in [-0.1, -0.05) is 38.1 Å². The van der Waals surface area contributed by atoms with Crippen LogP contribution in [0.25, 0.3) is 0 Å². The smallest absolute Gasteiger partial charge is 0.0962 e. The van der Waals surface area contributed by atoms with E-state index in [2.05, 4.69) is 13.0 Å². The lowest BCUT2D eigenvalue weighted by Crippen LogP contribution is -2.41. The van der Waals surface area contributed by atoms with Gasteiger partial charge in [0, 0.05) is 5.92 Å². The fourth-order valence-corrected chi connectivity index (χ4v) is 2.18. The highest BCUT2D eigenvalue weighted by molar-refractivity contribution is 5.46. The van der Waals surface area contributed by atoms with E-state index in [0.717, 1.165) is 12.0 Å². The molecule has 0 amide bonds. The van der Waals surface area contributed by atoms with Crippen molar-refractivity contribution in [1.29, 1.82) is 0 Å². The monoisotopic (exact) mass is 162 g/mol. The molecular formula is C11H14O. The highest BCUT2D eigenvalue weighted by Gasteiger charge is 2.45. The topological polar surface area (TPSA) is 20.2 Å². The van der Waals surface area contributed by atoms with E-state index in [-0.39, 0.29) is 0 Å². The number of rotatable bonds is 1. The first-order chi connectivity index (χ1) is 5.70. The van der Waals surface area contributed by atoms with Crippen molar-refractivity contribution in [3.05, 3.63) is 35.4 Å². The summed E-state index contributed by atoms with van der Waals surface area (Å²) < 4.78 is 0. The third-order valence-electron chi connectivity index (χ3n) is 3.15. The molecule has 0 saturated heterocycles. The van der Waals surface area contributed by atoms with Gasteiger partial charge in [-0.2, -0.15) is 0 Å². The fraction of sp³-hybridized carbons (Fsp3) is 0.455. The van der Waals surface area contributed by atoms with Crippen molar-refractivity contribution >= 4 is 0 Å². The van der Waals surface area contributed by atoms with Gasteiger partial charge in [0.1, 0.15) is 0 Å². The summed E-state index contributed by atoms with van der Waals surface area (Å²) in [6, 6.07) is 8.15. The van der Waals surface area contributed by atoms with Crippen molar-refractivity contribution in [3.63, 3.8) is 0 Å². The molecule has 0 bridgehead atoms. The Kier molecular flexibility index (Phi) is 1.52. The van der Waals surface area contributed by atoms with Crippen LogP contribution in [0.1, 0.15) is 37.3 Å². The van der Waals surface area contributed by atoms with E-state index in [1.165, 1.54) is 5.56 Å². The summed E-state index contributed by atoms with van der Waals surface area (Å²) in [5.41, 5.74) is 1.89. The summed E-state index contributed by atoms with van der Waals surface area (Å²) >= 11 is 0. The minimum atomic E-state index is -0.545. The maximum atomic E-state index is 10.1. The Morgan fingerprint density at radius 2 is 2.08 bits per heavy atom. The quantitative estimate of drug-likeness (QED) is 0.672. The first-order valence-corrected chi connectivity index (χ1v) is 4.52. The van der Waals surface area contributed by atoms with Gasteiger partial charge in [-0.25, -0.2) is 0 Å². The molecule has 1 aliphatic carbocycles. The summed E-state index contributed by atoms with van der Waals surface area (Å²) in [5, 5.41) is 10.1. The molecule has 1 aliphatic rings. The van der Waals surface area contributed by atoms with E-state index >= 15 is 0 Å². The molecule has 0 radical (unpaired) electrons. The van der Waals surface area contributed by atoms with E-state index in [1.807, 2.05) is 25.1 Å². The first kappa shape index (κ1) is 7.81. The molecule has 0 aromatic heterocycles. The molecule has 0 heterocycles. The highest BCUT2D eigenvalue weighted by atomic mass is 16.3. The summed E-state index contributed by atoms with van der Waals surface area (Å²) in [6.07, 6.45) is 0.811. The van der Waals surface area contributed by atoms with Crippen LogP contribution in [0, 0.1) is 0 Å². The molecular weight excluding hydrogens is 148 g/mol. The average molecular weight is 162 g/mol. The molecule has 64 valence electrons. The van der Waals surface area contributed by atoms with Crippen LogP contribution in [0.3, 0.4) is 0 Å². The normalized spacial score (nSPS) is 32.4. The lowest BCUT2D eigenvalue weighted by Gasteiger charge is -2.45. The Bertz CT molecular complexity index is 306. The van der Waals surface area contributed by atoms with Crippen LogP contribution in [0.4, 0.5) is 0 Å². The zero-order chi connectivity index (χ0) is 8.77. The molecule has 1 N–H and O–H groups in total. The Hall–Kier alpha value is -0.820. The molecule has 0 saturated carbocycles. The first-order valence-electron chi connectivity index (χ1n) is 4.52. The molecule has 1 aromatic carbocycles. The Labute approximate surface area is 73.0 Å². The molecule has 1 nitrogen and oxygen atoms in total. The lowest BCUT2D eigenvalue weighted by molar-refractivity contribution is -0.0184. The number of hydrogen-bond acceptors (Lipinski definition) is 1. The SMILES string of the molecule is CC[C@]1(O)c2ccccc2[C@H]1C. The summed E-state index contributed by atoms with van der Waals surface area (Å²) in [4.78, 5) is 0. The molecule has 2 atom stereocenters. The predicted octanol–water partition coefficient (Wildman–Crippen LogP) is 2.40. The van der Waals surface area contributed by atoms with Crippen LogP contribution < -0.4 is 0 Å². The third kappa shape index (κ3) is 0.721. The second-order valence-corrected chi connectivity index (χ2v) is 3.59. The van der Waals surface area contributed by atoms with E-state index < -0.39 is 5.60 Å². The van der Waals surface area contributed by atoms with E-state index in [4.69, 9.17) is 0 Å². The minimum absolute atomic E-state index is 0.304. The summed E-state index contributed by atoms with van der Waals surface area (Å²) in [6.45, 7) is 4.12. The summed E-state index contributed by atoms with van der Waals surface area (Å²) in [7, 11) is 0. The maximum Gasteiger partial charge on any atom is 0.0962 e. The van der Waals surface area contributed by atoms with Gasteiger partial charge in [0.05, 0.1) is 5.60 Å². The highest BCUT2D eigenvalue weighted by Crippen LogP contribution is 2.51. The maximum absolute atomic E-state index is 10.1. The molecule has 12 heavy (non-hydrogen) atoms. The van der Waals surface area contributed by atoms with Crippen molar-refractivity contribution < 1.29 is 5.11 Å². The Morgan fingerprint density at radius 3 is 2.75 bits per heavy atom. The molecule has 1 aromatic rings. The van der Waals surface area contributed by atoms with Gasteiger partial charge in [0.2, 0.25) is 0 Å². The van der Waals surface area contributed by atoms with Crippen molar-refractivity contribution in [3.8, 4) is 0 Å². The summed E-state index contributed by atoms with van der Waals surface area (Å²) in [5.74, 6) is 0.304. The molecule has 0 fully saturated rings. The molecule has 0 spiro atoms. The molecule has 0 unspecified atom stereocenters. The van der Waals surface area contributed by atoms with Gasteiger partial charge in [0.15, 0.2) is 0 Å². The number of aliphatic hydroxyl groups is 1. The van der Waals surface area contributed by atoms with E-state index in [0.29, 0.717) is 5.92 Å². The van der Waals surface area contributed by atoms with Gasteiger partial charge >= 0.3 is 0 Å². The van der Waals surface area contributed by atoms with Crippen LogP contribution >= 0.6 is 0 Å². The standard InChI is InChI=1S/C11H14O/c1-3-11(12)8(2)9-6-4-5-7-10(9)11/h4-8,12H,3H2,1-2H3/t8-,11-/m1/s1. The number of fused-ring (bicyclic) bond motifs is 1. The van der Waals surface area contributed by atoms with Crippen molar-refractivity contribution in [1.82, 2.24) is 0 Å².